The zero-order valence-electron chi connectivity index (χ0n) is 15.4. The fourth-order valence-corrected chi connectivity index (χ4v) is 4.01. The maximum Gasteiger partial charge on any atom is 0.255 e. The first-order chi connectivity index (χ1) is 14.0. The van der Waals surface area contributed by atoms with Crippen molar-refractivity contribution in [2.45, 2.75) is 25.4 Å². The van der Waals surface area contributed by atoms with E-state index in [9.17, 15) is 19.5 Å². The second-order valence-corrected chi connectivity index (χ2v) is 7.35. The number of rotatable bonds is 2. The molecule has 7 heteroatoms. The van der Waals surface area contributed by atoms with E-state index < -0.39 is 11.9 Å². The largest absolute Gasteiger partial charge is 0.508 e. The Morgan fingerprint density at radius 1 is 1.03 bits per heavy atom. The molecule has 3 heterocycles. The molecule has 1 atom stereocenters. The highest BCUT2D eigenvalue weighted by Gasteiger charge is 2.39. The highest BCUT2D eigenvalue weighted by molar-refractivity contribution is 6.05. The molecule has 1 unspecified atom stereocenters. The normalized spacial score (nSPS) is 18.8. The van der Waals surface area contributed by atoms with E-state index >= 15 is 0 Å². The number of benzene rings is 2. The van der Waals surface area contributed by atoms with Crippen LogP contribution in [0.1, 0.15) is 28.8 Å². The van der Waals surface area contributed by atoms with Crippen LogP contribution in [0.15, 0.2) is 48.5 Å². The summed E-state index contributed by atoms with van der Waals surface area (Å²) in [5.41, 5.74) is 3.81. The van der Waals surface area contributed by atoms with Crippen LogP contribution >= 0.6 is 0 Å². The van der Waals surface area contributed by atoms with Gasteiger partial charge in [0.1, 0.15) is 11.8 Å². The van der Waals surface area contributed by atoms with Crippen LogP contribution in [0.4, 0.5) is 0 Å². The van der Waals surface area contributed by atoms with Crippen LogP contribution in [0.5, 0.6) is 5.75 Å². The summed E-state index contributed by atoms with van der Waals surface area (Å²) < 4.78 is 0. The monoisotopic (exact) mass is 387 g/mol. The fourth-order valence-electron chi connectivity index (χ4n) is 4.01. The van der Waals surface area contributed by atoms with Gasteiger partial charge in [-0.05, 0) is 48.4 Å². The summed E-state index contributed by atoms with van der Waals surface area (Å²) in [5, 5.41) is 12.8. The third-order valence-electron chi connectivity index (χ3n) is 5.49. The molecule has 0 aliphatic carbocycles. The molecule has 144 valence electrons. The quantitative estimate of drug-likeness (QED) is 0.658. The van der Waals surface area contributed by atoms with Crippen molar-refractivity contribution in [1.29, 1.82) is 0 Å². The van der Waals surface area contributed by atoms with E-state index in [1.54, 1.807) is 24.3 Å². The van der Waals surface area contributed by atoms with Crippen molar-refractivity contribution < 1.29 is 19.5 Å². The van der Waals surface area contributed by atoms with Gasteiger partial charge in [0.05, 0.1) is 11.2 Å². The molecule has 0 spiro atoms. The van der Waals surface area contributed by atoms with Crippen LogP contribution in [-0.2, 0) is 16.1 Å². The predicted molar refractivity (Wildman–Crippen MR) is 105 cm³/mol. The highest BCUT2D eigenvalue weighted by Crippen LogP contribution is 2.31. The summed E-state index contributed by atoms with van der Waals surface area (Å²) in [6, 6.07) is 13.7. The Balaban J connectivity index is 1.46. The molecule has 7 nitrogen and oxygen atoms in total. The van der Waals surface area contributed by atoms with Gasteiger partial charge in [-0.25, -0.2) is 4.98 Å². The van der Waals surface area contributed by atoms with E-state index in [1.807, 2.05) is 24.3 Å². The van der Waals surface area contributed by atoms with Gasteiger partial charge in [-0.3, -0.25) is 19.7 Å². The Labute approximate surface area is 166 Å². The number of phenols is 1. The molecule has 2 N–H and O–H groups in total. The number of nitrogens with one attached hydrogen (secondary N) is 1. The van der Waals surface area contributed by atoms with Gasteiger partial charge in [0, 0.05) is 29.5 Å². The minimum absolute atomic E-state index is 0.191. The molecule has 0 bridgehead atoms. The lowest BCUT2D eigenvalue weighted by molar-refractivity contribution is -0.136. The van der Waals surface area contributed by atoms with Crippen molar-refractivity contribution in [1.82, 2.24) is 15.2 Å². The van der Waals surface area contributed by atoms with Crippen molar-refractivity contribution in [3.05, 3.63) is 59.7 Å². The van der Waals surface area contributed by atoms with Gasteiger partial charge in [0.15, 0.2) is 0 Å². The number of hydrogen-bond donors (Lipinski definition) is 2. The van der Waals surface area contributed by atoms with Crippen LogP contribution < -0.4 is 5.32 Å². The summed E-state index contributed by atoms with van der Waals surface area (Å²) in [7, 11) is 0. The third-order valence-corrected chi connectivity index (χ3v) is 5.49. The van der Waals surface area contributed by atoms with E-state index in [0.29, 0.717) is 18.5 Å². The van der Waals surface area contributed by atoms with E-state index in [1.165, 1.54) is 4.90 Å². The summed E-state index contributed by atoms with van der Waals surface area (Å²) in [4.78, 5) is 42.5. The van der Waals surface area contributed by atoms with Crippen molar-refractivity contribution in [3.63, 3.8) is 0 Å². The van der Waals surface area contributed by atoms with Crippen molar-refractivity contribution in [2.75, 3.05) is 0 Å². The SMILES string of the molecule is O=C1CCC(N2Cc3cc(-c4ccc5cc(O)ccc5n4)ccc3C2=O)C(=O)N1. The number of amides is 3. The number of hydrogen-bond acceptors (Lipinski definition) is 5. The second-order valence-electron chi connectivity index (χ2n) is 7.35. The summed E-state index contributed by atoms with van der Waals surface area (Å²) in [5.74, 6) is -0.713. The minimum Gasteiger partial charge on any atom is -0.508 e. The Morgan fingerprint density at radius 3 is 2.72 bits per heavy atom. The molecule has 3 aromatic rings. The Bertz CT molecular complexity index is 1200. The Kier molecular flexibility index (Phi) is 3.84. The van der Waals surface area contributed by atoms with E-state index in [0.717, 1.165) is 27.7 Å². The number of fused-ring (bicyclic) bond motifs is 2. The molecule has 5 rings (SSSR count). The molecule has 0 radical (unpaired) electrons. The number of imide groups is 1. The number of aromatic hydroxyl groups is 1. The molecule has 3 amide bonds. The zero-order valence-corrected chi connectivity index (χ0v) is 15.4. The first-order valence-corrected chi connectivity index (χ1v) is 9.37. The van der Waals surface area contributed by atoms with Crippen LogP contribution in [0, 0.1) is 0 Å². The molecule has 0 saturated carbocycles. The van der Waals surface area contributed by atoms with Crippen LogP contribution in [-0.4, -0.2) is 38.8 Å². The van der Waals surface area contributed by atoms with Gasteiger partial charge in [0.25, 0.3) is 5.91 Å². The van der Waals surface area contributed by atoms with Crippen LogP contribution in [0.2, 0.25) is 0 Å². The average molecular weight is 387 g/mol. The van der Waals surface area contributed by atoms with Gasteiger partial charge in [-0.2, -0.15) is 0 Å². The molecule has 1 saturated heterocycles. The number of piperidine rings is 1. The number of nitrogens with zero attached hydrogens (tertiary/aromatic N) is 2. The van der Waals surface area contributed by atoms with Gasteiger partial charge >= 0.3 is 0 Å². The third kappa shape index (κ3) is 2.91. The Morgan fingerprint density at radius 2 is 1.90 bits per heavy atom. The smallest absolute Gasteiger partial charge is 0.255 e. The first kappa shape index (κ1) is 17.4. The van der Waals surface area contributed by atoms with Crippen molar-refractivity contribution in [2.24, 2.45) is 0 Å². The van der Waals surface area contributed by atoms with Gasteiger partial charge in [-0.15, -0.1) is 0 Å². The topological polar surface area (TPSA) is 99.6 Å². The number of aromatic nitrogens is 1. The molecular formula is C22H17N3O4. The standard InChI is InChI=1S/C22H17N3O4/c26-15-3-6-18-13(10-15)2-5-17(23-18)12-1-4-16-14(9-12)11-25(22(16)29)19-7-8-20(27)24-21(19)28/h1-6,9-10,19,26H,7-8,11H2,(H,24,27,28). The Hall–Kier alpha value is -3.74. The zero-order chi connectivity index (χ0) is 20.1. The molecule has 1 fully saturated rings. The lowest BCUT2D eigenvalue weighted by Crippen LogP contribution is -2.52. The van der Waals surface area contributed by atoms with E-state index in [2.05, 4.69) is 10.3 Å². The minimum atomic E-state index is -0.623. The van der Waals surface area contributed by atoms with Crippen LogP contribution in [0.25, 0.3) is 22.2 Å². The molecule has 2 aromatic carbocycles. The molecule has 2 aliphatic heterocycles. The number of carbonyl (C=O) groups excluding carboxylic acids is 3. The molecule has 1 aromatic heterocycles. The number of carbonyl (C=O) groups is 3. The first-order valence-electron chi connectivity index (χ1n) is 9.37. The summed E-state index contributed by atoms with van der Waals surface area (Å²) >= 11 is 0. The second kappa shape index (κ2) is 6.41. The number of pyridine rings is 1. The maximum atomic E-state index is 12.8. The molecule has 29 heavy (non-hydrogen) atoms. The number of phenolic OH excluding ortho intramolecular Hbond substituents is 1. The van der Waals surface area contributed by atoms with Crippen molar-refractivity contribution >= 4 is 28.6 Å². The summed E-state index contributed by atoms with van der Waals surface area (Å²) in [6.45, 7) is 0.329. The lowest BCUT2D eigenvalue weighted by Gasteiger charge is -2.29. The van der Waals surface area contributed by atoms with Crippen molar-refractivity contribution in [3.8, 4) is 17.0 Å². The van der Waals surface area contributed by atoms with E-state index in [4.69, 9.17) is 0 Å². The molecular weight excluding hydrogens is 370 g/mol. The lowest BCUT2D eigenvalue weighted by atomic mass is 10.0. The van der Waals surface area contributed by atoms with Gasteiger partial charge in [-0.1, -0.05) is 12.1 Å². The maximum absolute atomic E-state index is 12.8. The van der Waals surface area contributed by atoms with E-state index in [-0.39, 0.29) is 24.0 Å². The highest BCUT2D eigenvalue weighted by atomic mass is 16.3. The molecule has 2 aliphatic rings. The fraction of sp³-hybridized carbons (Fsp3) is 0.182. The summed E-state index contributed by atoms with van der Waals surface area (Å²) in [6.07, 6.45) is 0.578. The van der Waals surface area contributed by atoms with Gasteiger partial charge in [0.2, 0.25) is 11.8 Å². The van der Waals surface area contributed by atoms with Gasteiger partial charge < -0.3 is 10.0 Å². The average Bonchev–Trinajstić information content (AvgIpc) is 3.03. The van der Waals surface area contributed by atoms with Crippen LogP contribution in [0.3, 0.4) is 0 Å². The predicted octanol–water partition coefficient (Wildman–Crippen LogP) is 2.37.